The Morgan fingerprint density at radius 3 is 2.75 bits per heavy atom. The molecule has 0 aromatic heterocycles. The third-order valence-corrected chi connectivity index (χ3v) is 4.36. The van der Waals surface area contributed by atoms with Crippen molar-refractivity contribution in [2.75, 3.05) is 6.61 Å². The highest BCUT2D eigenvalue weighted by atomic mass is 29.5. The zero-order valence-electron chi connectivity index (χ0n) is 7.76. The van der Waals surface area contributed by atoms with Crippen molar-refractivity contribution < 1.29 is 9.53 Å². The van der Waals surface area contributed by atoms with Crippen molar-refractivity contribution >= 4 is 33.3 Å². The highest BCUT2D eigenvalue weighted by Gasteiger charge is 2.04. The fourth-order valence-corrected chi connectivity index (χ4v) is 4.93. The van der Waals surface area contributed by atoms with Crippen LogP contribution in [0.4, 0.5) is 0 Å². The molecule has 0 radical (unpaired) electrons. The number of carbonyl (C=O) groups is 1. The van der Waals surface area contributed by atoms with Crippen LogP contribution in [0, 0.1) is 12.3 Å². The number of ether oxygens (including phenoxy) is 1. The predicted octanol–water partition coefficient (Wildman–Crippen LogP) is -2.40. The van der Waals surface area contributed by atoms with Gasteiger partial charge in [-0.05, 0) is 26.4 Å². The number of hydrogen-bond donors (Lipinski definition) is 0. The molecule has 0 saturated heterocycles. The molecule has 5 heteroatoms. The van der Waals surface area contributed by atoms with Crippen LogP contribution in [-0.2, 0) is 9.53 Å². The molecule has 0 unspecified atom stereocenters. The summed E-state index contributed by atoms with van der Waals surface area (Å²) in [5, 5.41) is 0. The lowest BCUT2D eigenvalue weighted by Gasteiger charge is -2.01. The molecule has 0 aliphatic heterocycles. The van der Waals surface area contributed by atoms with Gasteiger partial charge in [-0.25, -0.2) is 4.79 Å². The summed E-state index contributed by atoms with van der Waals surface area (Å²) in [6.45, 7) is 1.88. The fraction of sp³-hybridized carbons (Fsp3) is 0.286. The summed E-state index contributed by atoms with van der Waals surface area (Å²) in [6.07, 6.45) is 4.95. The first-order chi connectivity index (χ1) is 5.57. The highest BCUT2D eigenvalue weighted by molar-refractivity contribution is 7.31. The Morgan fingerprint density at radius 2 is 2.33 bits per heavy atom. The highest BCUT2D eigenvalue weighted by Crippen LogP contribution is 1.95. The normalized spacial score (nSPS) is 13.8. The van der Waals surface area contributed by atoms with Crippen LogP contribution in [0.25, 0.3) is 0 Å². The molecule has 0 aromatic carbocycles. The van der Waals surface area contributed by atoms with Gasteiger partial charge in [0.25, 0.3) is 0 Å². The monoisotopic (exact) mass is 214 g/mol. The van der Waals surface area contributed by atoms with E-state index in [1.807, 2.05) is 0 Å². The van der Waals surface area contributed by atoms with Crippen LogP contribution in [-0.4, -0.2) is 39.9 Å². The summed E-state index contributed by atoms with van der Waals surface area (Å²) in [5.41, 5.74) is 2.85. The van der Waals surface area contributed by atoms with Crippen LogP contribution in [0.1, 0.15) is 6.92 Å². The Morgan fingerprint density at radius 1 is 1.75 bits per heavy atom. The Bertz CT molecular complexity index is 227. The van der Waals surface area contributed by atoms with Crippen LogP contribution in [0.15, 0.2) is 11.3 Å². The SMILES string of the molecule is C#CCOC(=O)C(C)=C[SiH]([SiH3])[SiH3]. The first-order valence-electron chi connectivity index (χ1n) is 3.87. The van der Waals surface area contributed by atoms with Gasteiger partial charge in [0.2, 0.25) is 0 Å². The molecule has 2 nitrogen and oxygen atoms in total. The Balaban J connectivity index is 4.03. The molecule has 0 fully saturated rings. The van der Waals surface area contributed by atoms with Gasteiger partial charge in [0, 0.05) is 13.4 Å². The second-order valence-electron chi connectivity index (χ2n) is 2.87. The van der Waals surface area contributed by atoms with Gasteiger partial charge in [0.05, 0.1) is 0 Å². The van der Waals surface area contributed by atoms with Crippen LogP contribution in [0.5, 0.6) is 0 Å². The molecule has 0 spiro atoms. The molecule has 0 aromatic rings. The van der Waals surface area contributed by atoms with E-state index in [0.29, 0.717) is 0 Å². The Hall–Kier alpha value is -0.579. The maximum atomic E-state index is 11.1. The van der Waals surface area contributed by atoms with Gasteiger partial charge in [-0.2, -0.15) is 0 Å². The molecule has 0 atom stereocenters. The standard InChI is InChI=1S/C7H14O2Si3/c1-3-4-9-7(8)6(2)5-12(10)11/h1,5,12H,4H2,2,10-11H3. The quantitative estimate of drug-likeness (QED) is 0.227. The topological polar surface area (TPSA) is 26.3 Å². The molecule has 0 aliphatic rings. The third-order valence-electron chi connectivity index (χ3n) is 1.19. The molecule has 0 aliphatic carbocycles. The maximum absolute atomic E-state index is 11.1. The lowest BCUT2D eigenvalue weighted by Crippen LogP contribution is -2.14. The van der Waals surface area contributed by atoms with E-state index in [1.54, 1.807) is 6.92 Å². The van der Waals surface area contributed by atoms with E-state index in [4.69, 9.17) is 11.2 Å². The van der Waals surface area contributed by atoms with Crippen LogP contribution < -0.4 is 0 Å². The Labute approximate surface area is 80.4 Å². The number of hydrogen-bond acceptors (Lipinski definition) is 2. The van der Waals surface area contributed by atoms with Crippen molar-refractivity contribution in [1.82, 2.24) is 0 Å². The number of terminal acetylenes is 1. The summed E-state index contributed by atoms with van der Waals surface area (Å²) >= 11 is 0. The van der Waals surface area contributed by atoms with Crippen LogP contribution in [0.3, 0.4) is 0 Å². The summed E-state index contributed by atoms with van der Waals surface area (Å²) in [7, 11) is 1.93. The van der Waals surface area contributed by atoms with E-state index < -0.39 is 7.83 Å². The molecular weight excluding hydrogens is 200 g/mol. The largest absolute Gasteiger partial charge is 0.449 e. The summed E-state index contributed by atoms with van der Waals surface area (Å²) in [6, 6.07) is 0. The predicted molar refractivity (Wildman–Crippen MR) is 60.6 cm³/mol. The second kappa shape index (κ2) is 5.99. The van der Waals surface area contributed by atoms with Gasteiger partial charge in [0.1, 0.15) is 0 Å². The average Bonchev–Trinajstić information content (AvgIpc) is 1.98. The minimum absolute atomic E-state index is 0.0819. The summed E-state index contributed by atoms with van der Waals surface area (Å²) in [4.78, 5) is 11.1. The summed E-state index contributed by atoms with van der Waals surface area (Å²) in [5.74, 6) is 2.01. The molecule has 0 rings (SSSR count). The van der Waals surface area contributed by atoms with E-state index in [9.17, 15) is 4.79 Å². The minimum atomic E-state index is -0.555. The van der Waals surface area contributed by atoms with Crippen molar-refractivity contribution in [2.45, 2.75) is 6.92 Å². The van der Waals surface area contributed by atoms with Gasteiger partial charge in [0.15, 0.2) is 6.61 Å². The van der Waals surface area contributed by atoms with E-state index >= 15 is 0 Å². The molecule has 0 amide bonds. The zero-order valence-corrected chi connectivity index (χ0v) is 12.9. The number of esters is 1. The molecule has 0 saturated carbocycles. The lowest BCUT2D eigenvalue weighted by molar-refractivity contribution is -0.137. The third kappa shape index (κ3) is 5.12. The van der Waals surface area contributed by atoms with E-state index in [0.717, 1.165) is 5.57 Å². The van der Waals surface area contributed by atoms with Gasteiger partial charge in [-0.3, -0.25) is 0 Å². The Kier molecular flexibility index (Phi) is 5.71. The summed E-state index contributed by atoms with van der Waals surface area (Å²) < 4.78 is 4.76. The molecule has 0 heterocycles. The van der Waals surface area contributed by atoms with Crippen molar-refractivity contribution in [3.8, 4) is 12.3 Å². The molecular formula is C7H14O2Si3. The van der Waals surface area contributed by atoms with Gasteiger partial charge in [-0.1, -0.05) is 11.6 Å². The van der Waals surface area contributed by atoms with Crippen molar-refractivity contribution in [2.24, 2.45) is 0 Å². The first-order valence-corrected chi connectivity index (χ1v) is 13.8. The van der Waals surface area contributed by atoms with Crippen molar-refractivity contribution in [3.05, 3.63) is 11.3 Å². The first kappa shape index (κ1) is 11.4. The van der Waals surface area contributed by atoms with Crippen LogP contribution in [0.2, 0.25) is 0 Å². The van der Waals surface area contributed by atoms with E-state index in [2.05, 4.69) is 11.6 Å². The molecule has 66 valence electrons. The smallest absolute Gasteiger partial charge is 0.333 e. The maximum Gasteiger partial charge on any atom is 0.333 e. The van der Waals surface area contributed by atoms with Crippen molar-refractivity contribution in [3.63, 3.8) is 0 Å². The van der Waals surface area contributed by atoms with E-state index in [-0.39, 0.29) is 12.6 Å². The minimum Gasteiger partial charge on any atom is -0.449 e. The van der Waals surface area contributed by atoms with Gasteiger partial charge in [-0.15, -0.1) is 6.42 Å². The number of rotatable bonds is 3. The van der Waals surface area contributed by atoms with Gasteiger partial charge >= 0.3 is 5.97 Å². The fourth-order valence-electron chi connectivity index (χ4n) is 0.789. The van der Waals surface area contributed by atoms with Gasteiger partial charge < -0.3 is 4.74 Å². The lowest BCUT2D eigenvalue weighted by atomic mass is 10.4. The molecule has 12 heavy (non-hydrogen) atoms. The van der Waals surface area contributed by atoms with Crippen molar-refractivity contribution in [1.29, 1.82) is 0 Å². The molecule has 0 N–H and O–H groups in total. The van der Waals surface area contributed by atoms with Crippen LogP contribution >= 0.6 is 0 Å². The second-order valence-corrected chi connectivity index (χ2v) is 23.6. The average molecular weight is 214 g/mol. The molecule has 0 bridgehead atoms. The van der Waals surface area contributed by atoms with E-state index in [1.165, 1.54) is 19.5 Å². The zero-order chi connectivity index (χ0) is 9.56. The number of carbonyl (C=O) groups excluding carboxylic acids is 1.